The lowest BCUT2D eigenvalue weighted by atomic mass is 10.3. The van der Waals surface area contributed by atoms with Crippen molar-refractivity contribution < 1.29 is 9.59 Å². The summed E-state index contributed by atoms with van der Waals surface area (Å²) in [4.78, 5) is 24.3. The van der Waals surface area contributed by atoms with Crippen molar-refractivity contribution in [3.05, 3.63) is 12.2 Å². The van der Waals surface area contributed by atoms with Gasteiger partial charge in [0.25, 0.3) is 5.91 Å². The highest BCUT2D eigenvalue weighted by atomic mass is 16.2. The molecule has 1 aliphatic heterocycles. The van der Waals surface area contributed by atoms with Crippen LogP contribution in [-0.4, -0.2) is 17.9 Å². The number of allylic oxidation sites excluding steroid dienone is 2. The maximum atomic E-state index is 10.5. The molecule has 3 nitrogen and oxygen atoms in total. The predicted octanol–water partition coefficient (Wildman–Crippen LogP) is 0.113. The molecule has 0 aromatic heterocycles. The minimum Gasteiger partial charge on any atom is -0.294 e. The molecule has 0 radical (unpaired) electrons. The summed E-state index contributed by atoms with van der Waals surface area (Å²) >= 11 is 0. The highest BCUT2D eigenvalue weighted by Crippen LogP contribution is 1.92. The van der Waals surface area contributed by atoms with Gasteiger partial charge in [-0.1, -0.05) is 0 Å². The third-order valence-electron chi connectivity index (χ3n) is 0.912. The van der Waals surface area contributed by atoms with E-state index < -0.39 is 0 Å². The lowest BCUT2D eigenvalue weighted by molar-refractivity contribution is -0.123. The summed E-state index contributed by atoms with van der Waals surface area (Å²) < 4.78 is 0. The first-order valence-corrected chi connectivity index (χ1v) is 2.55. The molecule has 9 heavy (non-hydrogen) atoms. The standard InChI is InChI=1S/C6H5NO2/c8-5-2-1-3-7-6(9)4-5/h1-3H,4H2. The molecule has 0 bridgehead atoms. The fourth-order valence-corrected chi connectivity index (χ4v) is 0.530. The van der Waals surface area contributed by atoms with Gasteiger partial charge in [-0.25, -0.2) is 4.99 Å². The fourth-order valence-electron chi connectivity index (χ4n) is 0.530. The maximum Gasteiger partial charge on any atom is 0.253 e. The number of carbonyl (C=O) groups excluding carboxylic acids is 2. The lowest BCUT2D eigenvalue weighted by Gasteiger charge is -1.82. The zero-order valence-electron chi connectivity index (χ0n) is 4.70. The Hall–Kier alpha value is -1.25. The van der Waals surface area contributed by atoms with Crippen molar-refractivity contribution in [1.82, 2.24) is 0 Å². The van der Waals surface area contributed by atoms with E-state index in [1.807, 2.05) is 0 Å². The Labute approximate surface area is 52.1 Å². The van der Waals surface area contributed by atoms with Gasteiger partial charge in [-0.05, 0) is 12.2 Å². The van der Waals surface area contributed by atoms with Gasteiger partial charge < -0.3 is 0 Å². The van der Waals surface area contributed by atoms with Gasteiger partial charge in [0.05, 0.1) is 6.42 Å². The monoisotopic (exact) mass is 123 g/mol. The van der Waals surface area contributed by atoms with Gasteiger partial charge >= 0.3 is 0 Å². The molecule has 46 valence electrons. The van der Waals surface area contributed by atoms with Crippen molar-refractivity contribution in [2.45, 2.75) is 6.42 Å². The molecule has 0 spiro atoms. The topological polar surface area (TPSA) is 46.5 Å². The minimum atomic E-state index is -0.370. The Balaban J connectivity index is 2.76. The number of amides is 1. The average molecular weight is 123 g/mol. The number of rotatable bonds is 0. The van der Waals surface area contributed by atoms with Crippen LogP contribution >= 0.6 is 0 Å². The Kier molecular flexibility index (Phi) is 1.53. The zero-order chi connectivity index (χ0) is 6.69. The molecule has 0 aliphatic carbocycles. The quantitative estimate of drug-likeness (QED) is 0.429. The molecule has 0 saturated carbocycles. The largest absolute Gasteiger partial charge is 0.294 e. The van der Waals surface area contributed by atoms with Gasteiger partial charge in [0.15, 0.2) is 5.78 Å². The van der Waals surface area contributed by atoms with Crippen LogP contribution in [0.3, 0.4) is 0 Å². The van der Waals surface area contributed by atoms with Crippen molar-refractivity contribution in [3.63, 3.8) is 0 Å². The van der Waals surface area contributed by atoms with Crippen LogP contribution in [0.15, 0.2) is 17.1 Å². The molecule has 0 atom stereocenters. The Morgan fingerprint density at radius 2 is 2.22 bits per heavy atom. The van der Waals surface area contributed by atoms with E-state index >= 15 is 0 Å². The summed E-state index contributed by atoms with van der Waals surface area (Å²) in [5.74, 6) is -0.553. The van der Waals surface area contributed by atoms with E-state index in [9.17, 15) is 9.59 Å². The normalized spacial score (nSPS) is 18.2. The Bertz CT molecular complexity index is 181. The molecule has 0 unspecified atom stereocenters. The van der Waals surface area contributed by atoms with Crippen molar-refractivity contribution in [2.75, 3.05) is 0 Å². The first kappa shape index (κ1) is 5.88. The molecule has 0 aromatic rings. The van der Waals surface area contributed by atoms with E-state index in [0.717, 1.165) is 0 Å². The summed E-state index contributed by atoms with van der Waals surface area (Å²) in [7, 11) is 0. The van der Waals surface area contributed by atoms with E-state index in [-0.39, 0.29) is 18.1 Å². The van der Waals surface area contributed by atoms with Crippen LogP contribution in [0, 0.1) is 0 Å². The van der Waals surface area contributed by atoms with Crippen molar-refractivity contribution in [3.8, 4) is 0 Å². The minimum absolute atomic E-state index is 0.0903. The molecule has 1 amide bonds. The summed E-state index contributed by atoms with van der Waals surface area (Å²) in [5, 5.41) is 0. The molecule has 0 N–H and O–H groups in total. The molecule has 0 aromatic carbocycles. The van der Waals surface area contributed by atoms with Crippen molar-refractivity contribution >= 4 is 17.9 Å². The highest BCUT2D eigenvalue weighted by molar-refractivity contribution is 6.09. The van der Waals surface area contributed by atoms with E-state index in [1.54, 1.807) is 0 Å². The number of nitrogens with zero attached hydrogens (tertiary/aromatic N) is 1. The first-order valence-electron chi connectivity index (χ1n) is 2.55. The maximum absolute atomic E-state index is 10.5. The predicted molar refractivity (Wildman–Crippen MR) is 32.3 cm³/mol. The summed E-state index contributed by atoms with van der Waals surface area (Å²) in [6.07, 6.45) is 4.04. The van der Waals surface area contributed by atoms with Crippen LogP contribution in [0.25, 0.3) is 0 Å². The van der Waals surface area contributed by atoms with Crippen LogP contribution in [0.4, 0.5) is 0 Å². The van der Waals surface area contributed by atoms with Crippen LogP contribution in [0.5, 0.6) is 0 Å². The summed E-state index contributed by atoms with van der Waals surface area (Å²) in [6, 6.07) is 0. The van der Waals surface area contributed by atoms with Gasteiger partial charge in [-0.2, -0.15) is 0 Å². The Morgan fingerprint density at radius 3 is 3.00 bits per heavy atom. The fraction of sp³-hybridized carbons (Fsp3) is 0.167. The van der Waals surface area contributed by atoms with E-state index in [4.69, 9.17) is 0 Å². The number of carbonyl (C=O) groups is 2. The summed E-state index contributed by atoms with van der Waals surface area (Å²) in [5.41, 5.74) is 0. The van der Waals surface area contributed by atoms with E-state index in [1.165, 1.54) is 18.4 Å². The number of ketones is 1. The van der Waals surface area contributed by atoms with Gasteiger partial charge in [0, 0.05) is 6.21 Å². The van der Waals surface area contributed by atoms with Crippen LogP contribution < -0.4 is 0 Å². The average Bonchev–Trinajstić information content (AvgIpc) is 1.93. The number of hydrogen-bond donors (Lipinski definition) is 0. The molecule has 0 saturated heterocycles. The van der Waals surface area contributed by atoms with Crippen LogP contribution in [0.1, 0.15) is 6.42 Å². The Morgan fingerprint density at radius 1 is 1.44 bits per heavy atom. The SMILES string of the molecule is O=C1C=CC=NC(=O)C1. The summed E-state index contributed by atoms with van der Waals surface area (Å²) in [6.45, 7) is 0. The molecule has 3 heteroatoms. The van der Waals surface area contributed by atoms with Gasteiger partial charge in [-0.15, -0.1) is 0 Å². The number of hydrogen-bond acceptors (Lipinski definition) is 2. The van der Waals surface area contributed by atoms with Gasteiger partial charge in [0.1, 0.15) is 0 Å². The van der Waals surface area contributed by atoms with E-state index in [0.29, 0.717) is 0 Å². The third-order valence-corrected chi connectivity index (χ3v) is 0.912. The smallest absolute Gasteiger partial charge is 0.253 e. The molecular weight excluding hydrogens is 118 g/mol. The second kappa shape index (κ2) is 2.35. The van der Waals surface area contributed by atoms with Crippen molar-refractivity contribution in [1.29, 1.82) is 0 Å². The van der Waals surface area contributed by atoms with Crippen LogP contribution in [0.2, 0.25) is 0 Å². The lowest BCUT2D eigenvalue weighted by Crippen LogP contribution is -1.99. The second-order valence-electron chi connectivity index (χ2n) is 1.67. The molecule has 1 heterocycles. The van der Waals surface area contributed by atoms with Crippen molar-refractivity contribution in [2.24, 2.45) is 4.99 Å². The first-order chi connectivity index (χ1) is 4.29. The van der Waals surface area contributed by atoms with Crippen LogP contribution in [-0.2, 0) is 9.59 Å². The van der Waals surface area contributed by atoms with Gasteiger partial charge in [0.2, 0.25) is 0 Å². The van der Waals surface area contributed by atoms with E-state index in [2.05, 4.69) is 4.99 Å². The zero-order valence-corrected chi connectivity index (χ0v) is 4.70. The highest BCUT2D eigenvalue weighted by Gasteiger charge is 2.05. The van der Waals surface area contributed by atoms with Gasteiger partial charge in [-0.3, -0.25) is 9.59 Å². The molecular formula is C6H5NO2. The second-order valence-corrected chi connectivity index (χ2v) is 1.67. The third kappa shape index (κ3) is 1.60. The molecule has 0 fully saturated rings. The number of aliphatic imine (C=N–C) groups is 1. The molecule has 1 aliphatic rings. The molecule has 1 rings (SSSR count).